The van der Waals surface area contributed by atoms with Crippen molar-refractivity contribution in [3.05, 3.63) is 214 Å². The number of allylic oxidation sites excluding steroid dienone is 1. The van der Waals surface area contributed by atoms with Crippen LogP contribution in [0, 0.1) is 0 Å². The molecule has 0 bridgehead atoms. The van der Waals surface area contributed by atoms with Crippen LogP contribution in [0.15, 0.2) is 180 Å². The molecule has 0 aliphatic heterocycles. The maximum Gasteiger partial charge on any atom is 0.119 e. The van der Waals surface area contributed by atoms with Crippen LogP contribution in [0.25, 0.3) is 59.7 Å². The zero-order valence-corrected chi connectivity index (χ0v) is 41.7. The topological polar surface area (TPSA) is 34.8 Å². The number of anilines is 6. The molecule has 0 saturated carbocycles. The van der Waals surface area contributed by atoms with Gasteiger partial charge in [0.25, 0.3) is 0 Å². The zero-order valence-electron chi connectivity index (χ0n) is 40.1. The number of rotatable bonds is 10. The number of para-hydroxylation sites is 2. The molecule has 4 aromatic heterocycles. The van der Waals surface area contributed by atoms with Gasteiger partial charge in [-0.2, -0.15) is 0 Å². The van der Waals surface area contributed by atoms with Gasteiger partial charge in [-0.15, -0.1) is 22.7 Å². The Balaban J connectivity index is 0.978. The van der Waals surface area contributed by atoms with E-state index >= 15 is 0 Å². The van der Waals surface area contributed by atoms with Crippen LogP contribution in [0.4, 0.5) is 34.1 Å². The molecule has 346 valence electrons. The molecule has 0 radical (unpaired) electrons. The standard InChI is InChI=1S/C63H50N4O2S2/c1-5-64-57-25-19-41(33-49(57)51-37-45(68-3)21-27-59(51)64)66(39-13-9-7-10-14-39)43-17-23-47-48-24-18-44(36-56(48)63(55(47)35-43)53-29-31-70-61(53)62-54(63)30-32-71-62)67(40-15-11-8-12-16-40)42-20-26-58-50(34-42)52-38-46(69-4)22-28-60(52)65(58)6-2/h7-21,23-27,29-38H,5-6,22,28H2,1-4H3. The predicted octanol–water partition coefficient (Wildman–Crippen LogP) is 17.1. The monoisotopic (exact) mass is 958 g/mol. The number of benzene rings is 7. The summed E-state index contributed by atoms with van der Waals surface area (Å²) in [6.07, 6.45) is 4.16. The Morgan fingerprint density at radius 3 is 1.54 bits per heavy atom. The lowest BCUT2D eigenvalue weighted by Gasteiger charge is -2.32. The molecule has 71 heavy (non-hydrogen) atoms. The van der Waals surface area contributed by atoms with E-state index in [0.717, 1.165) is 71.6 Å². The Labute approximate surface area is 421 Å². The summed E-state index contributed by atoms with van der Waals surface area (Å²) in [5.41, 5.74) is 20.4. The molecule has 14 rings (SSSR count). The first-order valence-electron chi connectivity index (χ1n) is 24.7. The molecule has 1 spiro atoms. The van der Waals surface area contributed by atoms with Crippen LogP contribution in [-0.4, -0.2) is 23.4 Å². The van der Waals surface area contributed by atoms with E-state index in [-0.39, 0.29) is 0 Å². The Bertz CT molecular complexity index is 3930. The highest BCUT2D eigenvalue weighted by atomic mass is 32.1. The van der Waals surface area contributed by atoms with Crippen molar-refractivity contribution in [2.45, 2.75) is 45.2 Å². The number of methoxy groups -OCH3 is 2. The first-order valence-corrected chi connectivity index (χ1v) is 26.4. The Kier molecular flexibility index (Phi) is 9.57. The van der Waals surface area contributed by atoms with Crippen molar-refractivity contribution in [3.8, 4) is 26.6 Å². The highest BCUT2D eigenvalue weighted by molar-refractivity contribution is 7.21. The molecular weight excluding hydrogens is 909 g/mol. The lowest BCUT2D eigenvalue weighted by molar-refractivity contribution is 0.279. The average molecular weight is 959 g/mol. The second-order valence-corrected chi connectivity index (χ2v) is 20.7. The van der Waals surface area contributed by atoms with Gasteiger partial charge in [0.05, 0.1) is 25.4 Å². The highest BCUT2D eigenvalue weighted by Crippen LogP contribution is 2.66. The van der Waals surface area contributed by atoms with E-state index < -0.39 is 5.41 Å². The molecule has 0 N–H and O–H groups in total. The van der Waals surface area contributed by atoms with Gasteiger partial charge in [0.15, 0.2) is 0 Å². The molecule has 11 aromatic rings. The summed E-state index contributed by atoms with van der Waals surface area (Å²) in [6, 6.07) is 61.5. The summed E-state index contributed by atoms with van der Waals surface area (Å²) < 4.78 is 16.5. The first-order chi connectivity index (χ1) is 35.0. The van der Waals surface area contributed by atoms with Gasteiger partial charge in [0.1, 0.15) is 5.75 Å². The fraction of sp³-hybridized carbons (Fsp3) is 0.143. The van der Waals surface area contributed by atoms with Crippen molar-refractivity contribution in [1.82, 2.24) is 9.13 Å². The SMILES string of the molecule is CCn1c2c(c3cc(N(c4ccccc4)c4ccc5c(c4)C4(c6cc(N(c7ccccc7)c7ccc8c(c7)c7cc(OC)ccc7n8CC)ccc6-5)c5ccsc5-c5sccc54)ccc31)C=C(OC)CC2. The minimum atomic E-state index is -0.524. The molecule has 8 heteroatoms. The Morgan fingerprint density at radius 2 is 0.986 bits per heavy atom. The minimum absolute atomic E-state index is 0.524. The lowest BCUT2D eigenvalue weighted by atomic mass is 9.71. The summed E-state index contributed by atoms with van der Waals surface area (Å²) >= 11 is 3.73. The van der Waals surface area contributed by atoms with E-state index in [1.807, 2.05) is 22.7 Å². The second-order valence-electron chi connectivity index (χ2n) is 18.8. The number of thiophene rings is 2. The smallest absolute Gasteiger partial charge is 0.119 e. The van der Waals surface area contributed by atoms with Crippen molar-refractivity contribution in [3.63, 3.8) is 0 Å². The number of hydrogen-bond donors (Lipinski definition) is 0. The first kappa shape index (κ1) is 42.1. The molecule has 3 aliphatic rings. The van der Waals surface area contributed by atoms with Crippen molar-refractivity contribution in [2.75, 3.05) is 24.0 Å². The number of aryl methyl sites for hydroxylation is 2. The second kappa shape index (κ2) is 16.1. The predicted molar refractivity (Wildman–Crippen MR) is 298 cm³/mol. The molecule has 4 heterocycles. The maximum absolute atomic E-state index is 5.85. The molecule has 0 unspecified atom stereocenters. The fourth-order valence-electron chi connectivity index (χ4n) is 12.6. The van der Waals surface area contributed by atoms with E-state index in [4.69, 9.17) is 9.47 Å². The van der Waals surface area contributed by atoms with Crippen molar-refractivity contribution < 1.29 is 9.47 Å². The number of hydrogen-bond acceptors (Lipinski definition) is 6. The Morgan fingerprint density at radius 1 is 0.479 bits per heavy atom. The van der Waals surface area contributed by atoms with E-state index in [2.05, 4.69) is 213 Å². The van der Waals surface area contributed by atoms with E-state index in [1.165, 1.54) is 87.1 Å². The van der Waals surface area contributed by atoms with Gasteiger partial charge in [-0.3, -0.25) is 0 Å². The van der Waals surface area contributed by atoms with E-state index in [0.29, 0.717) is 0 Å². The quantitative estimate of drug-likeness (QED) is 0.137. The average Bonchev–Trinajstić information content (AvgIpc) is 4.29. The van der Waals surface area contributed by atoms with Gasteiger partial charge < -0.3 is 28.4 Å². The van der Waals surface area contributed by atoms with Crippen LogP contribution in [0.5, 0.6) is 5.75 Å². The van der Waals surface area contributed by atoms with Crippen LogP contribution in [-0.2, 0) is 29.7 Å². The zero-order chi connectivity index (χ0) is 47.5. The van der Waals surface area contributed by atoms with Crippen LogP contribution in [0.1, 0.15) is 53.8 Å². The van der Waals surface area contributed by atoms with Crippen molar-refractivity contribution in [1.29, 1.82) is 0 Å². The van der Waals surface area contributed by atoms with Crippen molar-refractivity contribution in [2.24, 2.45) is 0 Å². The Hall–Kier alpha value is -7.78. The number of aromatic nitrogens is 2. The fourth-order valence-corrected chi connectivity index (χ4v) is 14.7. The van der Waals surface area contributed by atoms with Crippen molar-refractivity contribution >= 4 is 95.6 Å². The molecule has 7 aromatic carbocycles. The molecule has 3 aliphatic carbocycles. The van der Waals surface area contributed by atoms with E-state index in [1.54, 1.807) is 14.2 Å². The van der Waals surface area contributed by atoms with Gasteiger partial charge in [-0.1, -0.05) is 48.5 Å². The largest absolute Gasteiger partial charge is 0.501 e. The summed E-state index contributed by atoms with van der Waals surface area (Å²) in [4.78, 5) is 7.64. The van der Waals surface area contributed by atoms with Crippen LogP contribution >= 0.6 is 22.7 Å². The number of fused-ring (bicyclic) bond motifs is 16. The maximum atomic E-state index is 5.85. The van der Waals surface area contributed by atoms with Gasteiger partial charge in [-0.05, 0) is 186 Å². The van der Waals surface area contributed by atoms with E-state index in [9.17, 15) is 0 Å². The van der Waals surface area contributed by atoms with Gasteiger partial charge in [0, 0.05) is 107 Å². The summed E-state index contributed by atoms with van der Waals surface area (Å²) in [7, 11) is 3.54. The number of nitrogens with zero attached hydrogens (tertiary/aromatic N) is 4. The number of ether oxygens (including phenoxy) is 2. The van der Waals surface area contributed by atoms with Gasteiger partial charge in [-0.25, -0.2) is 0 Å². The highest BCUT2D eigenvalue weighted by Gasteiger charge is 2.53. The third-order valence-electron chi connectivity index (χ3n) is 15.6. The molecule has 0 saturated heterocycles. The normalized spacial score (nSPS) is 13.8. The molecular formula is C63H50N4O2S2. The summed E-state index contributed by atoms with van der Waals surface area (Å²) in [5, 5.41) is 8.25. The van der Waals surface area contributed by atoms with Gasteiger partial charge in [0.2, 0.25) is 0 Å². The molecule has 0 fully saturated rings. The minimum Gasteiger partial charge on any atom is -0.501 e. The molecule has 0 amide bonds. The summed E-state index contributed by atoms with van der Waals surface area (Å²) in [6.45, 7) is 6.27. The molecule has 0 atom stereocenters. The van der Waals surface area contributed by atoms with Crippen LogP contribution in [0.3, 0.4) is 0 Å². The summed E-state index contributed by atoms with van der Waals surface area (Å²) in [5.74, 6) is 1.90. The van der Waals surface area contributed by atoms with Crippen LogP contribution < -0.4 is 14.5 Å². The third-order valence-corrected chi connectivity index (χ3v) is 17.6. The van der Waals surface area contributed by atoms with Crippen LogP contribution in [0.2, 0.25) is 0 Å². The van der Waals surface area contributed by atoms with Gasteiger partial charge >= 0.3 is 0 Å². The third kappa shape index (κ3) is 5.98. The molecule has 6 nitrogen and oxygen atoms in total. The lowest BCUT2D eigenvalue weighted by Crippen LogP contribution is -2.26.